The summed E-state index contributed by atoms with van der Waals surface area (Å²) in [6.45, 7) is 0.457. The van der Waals surface area contributed by atoms with Crippen molar-refractivity contribution in [2.45, 2.75) is 23.8 Å². The Bertz CT molecular complexity index is 921. The molecule has 7 nitrogen and oxygen atoms in total. The molecule has 2 N–H and O–H groups in total. The first kappa shape index (κ1) is 19.1. The highest BCUT2D eigenvalue weighted by Crippen LogP contribution is 2.32. The molecule has 0 radical (unpaired) electrons. The quantitative estimate of drug-likeness (QED) is 0.815. The fourth-order valence-corrected chi connectivity index (χ4v) is 4.79. The standard InChI is InChI=1S/C15H15Cl2FN4O3S/c16-10-2-1-3-12(13(10)17)26(23,24)22-6-4-9(5-7-22)25-15-20-8-11(18)14(19)21-15/h1-3,8-9H,4-7H2,(H2,19,20,21). The number of hydrogen-bond donors (Lipinski definition) is 1. The van der Waals surface area contributed by atoms with Gasteiger partial charge in [0.2, 0.25) is 10.0 Å². The van der Waals surface area contributed by atoms with E-state index >= 15 is 0 Å². The number of benzene rings is 1. The number of rotatable bonds is 4. The average molecular weight is 421 g/mol. The van der Waals surface area contributed by atoms with Crippen LogP contribution in [0, 0.1) is 5.82 Å². The minimum atomic E-state index is -3.76. The molecular weight excluding hydrogens is 406 g/mol. The van der Waals surface area contributed by atoms with Crippen LogP contribution in [0.25, 0.3) is 0 Å². The van der Waals surface area contributed by atoms with Crippen molar-refractivity contribution in [3.63, 3.8) is 0 Å². The summed E-state index contributed by atoms with van der Waals surface area (Å²) in [6.07, 6.45) is 1.45. The van der Waals surface area contributed by atoms with Crippen molar-refractivity contribution < 1.29 is 17.5 Å². The molecule has 1 aromatic carbocycles. The van der Waals surface area contributed by atoms with Gasteiger partial charge in [-0.05, 0) is 25.0 Å². The molecule has 0 spiro atoms. The van der Waals surface area contributed by atoms with Crippen molar-refractivity contribution in [1.82, 2.24) is 14.3 Å². The Morgan fingerprint density at radius 1 is 1.27 bits per heavy atom. The Kier molecular flexibility index (Phi) is 5.52. The lowest BCUT2D eigenvalue weighted by molar-refractivity contribution is 0.124. The number of halogens is 3. The van der Waals surface area contributed by atoms with Gasteiger partial charge in [0, 0.05) is 13.1 Å². The van der Waals surface area contributed by atoms with Crippen molar-refractivity contribution in [2.24, 2.45) is 0 Å². The Morgan fingerprint density at radius 3 is 2.62 bits per heavy atom. The molecule has 1 aliphatic heterocycles. The molecule has 1 saturated heterocycles. The number of nitrogens with zero attached hydrogens (tertiary/aromatic N) is 3. The number of piperidine rings is 1. The van der Waals surface area contributed by atoms with Crippen LogP contribution in [0.15, 0.2) is 29.3 Å². The second-order valence-electron chi connectivity index (χ2n) is 5.66. The predicted octanol–water partition coefficient (Wildman–Crippen LogP) is 2.74. The van der Waals surface area contributed by atoms with Gasteiger partial charge in [-0.15, -0.1) is 0 Å². The molecule has 1 aliphatic rings. The summed E-state index contributed by atoms with van der Waals surface area (Å²) in [5, 5.41) is 0.180. The van der Waals surface area contributed by atoms with Gasteiger partial charge >= 0.3 is 6.01 Å². The third-order valence-corrected chi connectivity index (χ3v) is 6.83. The number of nitrogens with two attached hydrogens (primary N) is 1. The largest absolute Gasteiger partial charge is 0.460 e. The Labute approximate surface area is 159 Å². The molecule has 0 amide bonds. The molecule has 2 heterocycles. The summed E-state index contributed by atoms with van der Waals surface area (Å²) < 4.78 is 45.5. The van der Waals surface area contributed by atoms with Crippen LogP contribution < -0.4 is 10.5 Å². The maximum absolute atomic E-state index is 13.1. The van der Waals surface area contributed by atoms with Crippen LogP contribution in [0.1, 0.15) is 12.8 Å². The first-order valence-electron chi connectivity index (χ1n) is 7.68. The minimum Gasteiger partial charge on any atom is -0.460 e. The fraction of sp³-hybridized carbons (Fsp3) is 0.333. The number of ether oxygens (including phenoxy) is 1. The Hall–Kier alpha value is -1.68. The number of hydrogen-bond acceptors (Lipinski definition) is 6. The number of anilines is 1. The van der Waals surface area contributed by atoms with Crippen LogP contribution in [-0.4, -0.2) is 41.9 Å². The van der Waals surface area contributed by atoms with Crippen LogP contribution >= 0.6 is 23.2 Å². The van der Waals surface area contributed by atoms with E-state index in [1.165, 1.54) is 22.5 Å². The van der Waals surface area contributed by atoms with E-state index in [9.17, 15) is 12.8 Å². The van der Waals surface area contributed by atoms with Crippen molar-refractivity contribution in [3.8, 4) is 6.01 Å². The second-order valence-corrected chi connectivity index (χ2v) is 8.35. The SMILES string of the molecule is Nc1nc(OC2CCN(S(=O)(=O)c3cccc(Cl)c3Cl)CC2)ncc1F. The van der Waals surface area contributed by atoms with Gasteiger partial charge in [-0.25, -0.2) is 17.8 Å². The van der Waals surface area contributed by atoms with Crippen LogP contribution in [0.3, 0.4) is 0 Å². The van der Waals surface area contributed by atoms with E-state index in [2.05, 4.69) is 9.97 Å². The summed E-state index contributed by atoms with van der Waals surface area (Å²) in [7, 11) is -3.76. The molecule has 0 bridgehead atoms. The van der Waals surface area contributed by atoms with E-state index in [-0.39, 0.29) is 46.0 Å². The zero-order valence-electron chi connectivity index (χ0n) is 13.4. The zero-order valence-corrected chi connectivity index (χ0v) is 15.7. The van der Waals surface area contributed by atoms with Crippen LogP contribution in [0.2, 0.25) is 10.0 Å². The van der Waals surface area contributed by atoms with Crippen molar-refractivity contribution in [3.05, 3.63) is 40.3 Å². The van der Waals surface area contributed by atoms with E-state index in [0.717, 1.165) is 6.20 Å². The van der Waals surface area contributed by atoms with E-state index in [1.807, 2.05) is 0 Å². The summed E-state index contributed by atoms with van der Waals surface area (Å²) in [4.78, 5) is 7.40. The molecule has 0 saturated carbocycles. The van der Waals surface area contributed by atoms with Gasteiger partial charge in [0.1, 0.15) is 11.0 Å². The van der Waals surface area contributed by atoms with Crippen molar-refractivity contribution >= 4 is 39.0 Å². The van der Waals surface area contributed by atoms with E-state index < -0.39 is 15.8 Å². The number of nitrogen functional groups attached to an aromatic ring is 1. The topological polar surface area (TPSA) is 98.4 Å². The maximum atomic E-state index is 13.1. The maximum Gasteiger partial charge on any atom is 0.318 e. The lowest BCUT2D eigenvalue weighted by atomic mass is 10.1. The van der Waals surface area contributed by atoms with Gasteiger partial charge in [-0.2, -0.15) is 9.29 Å². The third kappa shape index (κ3) is 3.85. The number of sulfonamides is 1. The molecule has 11 heteroatoms. The zero-order chi connectivity index (χ0) is 18.9. The first-order chi connectivity index (χ1) is 12.3. The molecule has 1 fully saturated rings. The lowest BCUT2D eigenvalue weighted by Gasteiger charge is -2.31. The molecule has 1 aromatic heterocycles. The fourth-order valence-electron chi connectivity index (χ4n) is 2.58. The van der Waals surface area contributed by atoms with Crippen molar-refractivity contribution in [2.75, 3.05) is 18.8 Å². The lowest BCUT2D eigenvalue weighted by Crippen LogP contribution is -2.42. The average Bonchev–Trinajstić information content (AvgIpc) is 2.61. The van der Waals surface area contributed by atoms with Gasteiger partial charge in [0.25, 0.3) is 0 Å². The van der Waals surface area contributed by atoms with Gasteiger partial charge in [0.05, 0.1) is 16.2 Å². The third-order valence-electron chi connectivity index (χ3n) is 3.96. The molecule has 0 aliphatic carbocycles. The molecular formula is C15H15Cl2FN4O3S. The van der Waals surface area contributed by atoms with E-state index in [4.69, 9.17) is 33.7 Å². The molecule has 2 aromatic rings. The van der Waals surface area contributed by atoms with E-state index in [0.29, 0.717) is 12.8 Å². The van der Waals surface area contributed by atoms with Crippen LogP contribution in [0.4, 0.5) is 10.2 Å². The Balaban J connectivity index is 1.68. The van der Waals surface area contributed by atoms with Crippen LogP contribution in [-0.2, 0) is 10.0 Å². The normalized spacial score (nSPS) is 16.6. The molecule has 26 heavy (non-hydrogen) atoms. The highest BCUT2D eigenvalue weighted by molar-refractivity contribution is 7.89. The highest BCUT2D eigenvalue weighted by atomic mass is 35.5. The minimum absolute atomic E-state index is 0.00253. The summed E-state index contributed by atoms with van der Waals surface area (Å²) in [5.74, 6) is -1.03. The Morgan fingerprint density at radius 2 is 1.96 bits per heavy atom. The highest BCUT2D eigenvalue weighted by Gasteiger charge is 2.32. The predicted molar refractivity (Wildman–Crippen MR) is 95.3 cm³/mol. The van der Waals surface area contributed by atoms with E-state index in [1.54, 1.807) is 0 Å². The van der Waals surface area contributed by atoms with Gasteiger partial charge < -0.3 is 10.5 Å². The number of aromatic nitrogens is 2. The molecule has 0 unspecified atom stereocenters. The molecule has 140 valence electrons. The molecule has 0 atom stereocenters. The molecule has 3 rings (SSSR count). The van der Waals surface area contributed by atoms with Crippen molar-refractivity contribution in [1.29, 1.82) is 0 Å². The smallest absolute Gasteiger partial charge is 0.318 e. The van der Waals surface area contributed by atoms with Gasteiger partial charge in [-0.1, -0.05) is 29.3 Å². The summed E-state index contributed by atoms with van der Waals surface area (Å²) >= 11 is 11.9. The summed E-state index contributed by atoms with van der Waals surface area (Å²) in [6, 6.07) is 4.44. The summed E-state index contributed by atoms with van der Waals surface area (Å²) in [5.41, 5.74) is 5.38. The van der Waals surface area contributed by atoms with Gasteiger partial charge in [-0.3, -0.25) is 0 Å². The van der Waals surface area contributed by atoms with Crippen LogP contribution in [0.5, 0.6) is 6.01 Å². The monoisotopic (exact) mass is 420 g/mol. The van der Waals surface area contributed by atoms with Gasteiger partial charge in [0.15, 0.2) is 11.6 Å². The second kappa shape index (κ2) is 7.51. The first-order valence-corrected chi connectivity index (χ1v) is 9.87.